The number of carbonyl (C=O) groups excluding carboxylic acids is 1. The second kappa shape index (κ2) is 9.78. The highest BCUT2D eigenvalue weighted by molar-refractivity contribution is 5.74. The first-order valence-corrected chi connectivity index (χ1v) is 9.68. The Morgan fingerprint density at radius 2 is 1.96 bits per heavy atom. The molecule has 1 unspecified atom stereocenters. The van der Waals surface area contributed by atoms with Gasteiger partial charge >= 0.3 is 6.03 Å². The lowest BCUT2D eigenvalue weighted by Gasteiger charge is -2.34. The first-order chi connectivity index (χ1) is 12.3. The Bertz CT molecular complexity index is 509. The molecule has 0 radical (unpaired) electrons. The van der Waals surface area contributed by atoms with Gasteiger partial charge < -0.3 is 15.0 Å². The average Bonchev–Trinajstić information content (AvgIpc) is 3.18. The number of hydrogen-bond donors (Lipinski definition) is 1. The number of carbonyl (C=O) groups is 1. The zero-order chi connectivity index (χ0) is 17.3. The minimum absolute atomic E-state index is 0.102. The summed E-state index contributed by atoms with van der Waals surface area (Å²) >= 11 is 0. The number of urea groups is 1. The molecular weight excluding hydrogens is 314 g/mol. The van der Waals surface area contributed by atoms with Gasteiger partial charge in [-0.2, -0.15) is 0 Å². The van der Waals surface area contributed by atoms with E-state index in [1.807, 2.05) is 4.90 Å². The molecule has 0 aromatic heterocycles. The summed E-state index contributed by atoms with van der Waals surface area (Å²) in [6.45, 7) is 7.27. The van der Waals surface area contributed by atoms with Crippen molar-refractivity contribution in [3.8, 4) is 0 Å². The number of amides is 2. The summed E-state index contributed by atoms with van der Waals surface area (Å²) in [6.07, 6.45) is 4.47. The van der Waals surface area contributed by atoms with Gasteiger partial charge in [0.05, 0.1) is 0 Å². The Balaban J connectivity index is 1.27. The fourth-order valence-corrected chi connectivity index (χ4v) is 3.62. The van der Waals surface area contributed by atoms with Gasteiger partial charge in [-0.1, -0.05) is 30.3 Å². The number of ether oxygens (including phenoxy) is 1. The molecule has 2 aliphatic heterocycles. The van der Waals surface area contributed by atoms with Crippen molar-refractivity contribution < 1.29 is 9.53 Å². The van der Waals surface area contributed by atoms with Crippen LogP contribution in [0.2, 0.25) is 0 Å². The molecule has 1 atom stereocenters. The zero-order valence-corrected chi connectivity index (χ0v) is 15.2. The van der Waals surface area contributed by atoms with Gasteiger partial charge in [-0.25, -0.2) is 4.79 Å². The predicted molar refractivity (Wildman–Crippen MR) is 99.7 cm³/mol. The Kier molecular flexibility index (Phi) is 7.12. The van der Waals surface area contributed by atoms with E-state index >= 15 is 0 Å². The summed E-state index contributed by atoms with van der Waals surface area (Å²) in [5, 5.41) is 3.08. The monoisotopic (exact) mass is 345 g/mol. The van der Waals surface area contributed by atoms with Crippen molar-refractivity contribution in [1.29, 1.82) is 0 Å². The number of nitrogens with zero attached hydrogens (tertiary/aromatic N) is 2. The van der Waals surface area contributed by atoms with Crippen LogP contribution in [0.3, 0.4) is 0 Å². The lowest BCUT2D eigenvalue weighted by molar-refractivity contribution is 0.140. The molecule has 0 bridgehead atoms. The number of benzene rings is 1. The third kappa shape index (κ3) is 6.01. The second-order valence-corrected chi connectivity index (χ2v) is 7.17. The van der Waals surface area contributed by atoms with Gasteiger partial charge in [0, 0.05) is 52.5 Å². The molecule has 2 aliphatic rings. The molecule has 0 spiro atoms. The maximum absolute atomic E-state index is 12.3. The van der Waals surface area contributed by atoms with E-state index in [-0.39, 0.29) is 6.03 Å². The Hall–Kier alpha value is -1.59. The summed E-state index contributed by atoms with van der Waals surface area (Å²) in [4.78, 5) is 16.7. The van der Waals surface area contributed by atoms with Gasteiger partial charge in [0.2, 0.25) is 0 Å². The van der Waals surface area contributed by atoms with Crippen LogP contribution in [0.5, 0.6) is 0 Å². The summed E-state index contributed by atoms with van der Waals surface area (Å²) in [6, 6.07) is 10.7. The lowest BCUT2D eigenvalue weighted by atomic mass is 10.0. The molecule has 2 saturated heterocycles. The van der Waals surface area contributed by atoms with Gasteiger partial charge in [0.1, 0.15) is 0 Å². The highest BCUT2D eigenvalue weighted by atomic mass is 16.5. The van der Waals surface area contributed by atoms with E-state index in [0.29, 0.717) is 5.92 Å². The second-order valence-electron chi connectivity index (χ2n) is 7.17. The minimum Gasteiger partial charge on any atom is -0.381 e. The third-order valence-electron chi connectivity index (χ3n) is 5.31. The van der Waals surface area contributed by atoms with Gasteiger partial charge in [-0.3, -0.25) is 4.90 Å². The van der Waals surface area contributed by atoms with Crippen LogP contribution in [0, 0.1) is 5.92 Å². The Labute approximate surface area is 151 Å². The average molecular weight is 345 g/mol. The third-order valence-corrected chi connectivity index (χ3v) is 5.31. The summed E-state index contributed by atoms with van der Waals surface area (Å²) in [7, 11) is 0. The predicted octanol–water partition coefficient (Wildman–Crippen LogP) is 2.37. The van der Waals surface area contributed by atoms with E-state index in [0.717, 1.165) is 71.7 Å². The molecule has 1 aromatic carbocycles. The molecule has 1 N–H and O–H groups in total. The van der Waals surface area contributed by atoms with Crippen LogP contribution in [0.4, 0.5) is 4.79 Å². The van der Waals surface area contributed by atoms with E-state index in [9.17, 15) is 4.79 Å². The van der Waals surface area contributed by atoms with E-state index in [1.165, 1.54) is 12.0 Å². The molecule has 2 amide bonds. The van der Waals surface area contributed by atoms with Crippen LogP contribution in [0.15, 0.2) is 30.3 Å². The first kappa shape index (κ1) is 18.2. The minimum atomic E-state index is 0.102. The van der Waals surface area contributed by atoms with Gasteiger partial charge in [0.15, 0.2) is 0 Å². The smallest absolute Gasteiger partial charge is 0.317 e. The van der Waals surface area contributed by atoms with Crippen molar-refractivity contribution in [3.05, 3.63) is 35.9 Å². The summed E-state index contributed by atoms with van der Waals surface area (Å²) < 4.78 is 5.39. The van der Waals surface area contributed by atoms with Crippen molar-refractivity contribution in [3.63, 3.8) is 0 Å². The van der Waals surface area contributed by atoms with Gasteiger partial charge in [-0.05, 0) is 37.2 Å². The summed E-state index contributed by atoms with van der Waals surface area (Å²) in [5.41, 5.74) is 1.38. The Morgan fingerprint density at radius 3 is 2.68 bits per heavy atom. The van der Waals surface area contributed by atoms with Gasteiger partial charge in [-0.15, -0.1) is 0 Å². The number of nitrogens with one attached hydrogen (secondary N) is 1. The van der Waals surface area contributed by atoms with Gasteiger partial charge in [0.25, 0.3) is 0 Å². The van der Waals surface area contributed by atoms with Crippen LogP contribution >= 0.6 is 0 Å². The molecule has 138 valence electrons. The van der Waals surface area contributed by atoms with Crippen molar-refractivity contribution in [2.24, 2.45) is 5.92 Å². The maximum Gasteiger partial charge on any atom is 0.317 e. The van der Waals surface area contributed by atoms with E-state index < -0.39 is 0 Å². The molecule has 25 heavy (non-hydrogen) atoms. The molecule has 1 aromatic rings. The van der Waals surface area contributed by atoms with E-state index in [4.69, 9.17) is 4.74 Å². The largest absolute Gasteiger partial charge is 0.381 e. The zero-order valence-electron chi connectivity index (χ0n) is 15.2. The van der Waals surface area contributed by atoms with Crippen molar-refractivity contribution in [1.82, 2.24) is 15.1 Å². The van der Waals surface area contributed by atoms with Crippen molar-refractivity contribution >= 4 is 6.03 Å². The van der Waals surface area contributed by atoms with Crippen LogP contribution in [0.1, 0.15) is 24.8 Å². The fourth-order valence-electron chi connectivity index (χ4n) is 3.62. The highest BCUT2D eigenvalue weighted by Gasteiger charge is 2.21. The number of piperazine rings is 1. The highest BCUT2D eigenvalue weighted by Crippen LogP contribution is 2.17. The van der Waals surface area contributed by atoms with Crippen molar-refractivity contribution in [2.45, 2.75) is 25.7 Å². The van der Waals surface area contributed by atoms with Crippen LogP contribution in [0.25, 0.3) is 0 Å². The quantitative estimate of drug-likeness (QED) is 0.772. The van der Waals surface area contributed by atoms with E-state index in [1.54, 1.807) is 0 Å². The van der Waals surface area contributed by atoms with Crippen LogP contribution in [-0.4, -0.2) is 68.3 Å². The van der Waals surface area contributed by atoms with Crippen LogP contribution < -0.4 is 5.32 Å². The number of hydrogen-bond acceptors (Lipinski definition) is 3. The topological polar surface area (TPSA) is 44.8 Å². The molecule has 3 rings (SSSR count). The Morgan fingerprint density at radius 1 is 1.16 bits per heavy atom. The lowest BCUT2D eigenvalue weighted by Crippen LogP contribution is -2.52. The fraction of sp³-hybridized carbons (Fsp3) is 0.650. The molecule has 5 heteroatoms. The standard InChI is InChI=1S/C20H31N3O2/c24-20(21-10-4-7-19-9-16-25-17-19)23-14-12-22(13-15-23)11-8-18-5-2-1-3-6-18/h1-3,5-6,19H,4,7-17H2,(H,21,24). The molecule has 0 saturated carbocycles. The SMILES string of the molecule is O=C(NCCCC1CCOC1)N1CCN(CCc2ccccc2)CC1. The first-order valence-electron chi connectivity index (χ1n) is 9.68. The molecule has 5 nitrogen and oxygen atoms in total. The molecular formula is C20H31N3O2. The normalized spacial score (nSPS) is 21.4. The molecule has 0 aliphatic carbocycles. The molecule has 2 fully saturated rings. The van der Waals surface area contributed by atoms with E-state index in [2.05, 4.69) is 40.5 Å². The molecule has 2 heterocycles. The summed E-state index contributed by atoms with van der Waals surface area (Å²) in [5.74, 6) is 0.699. The maximum atomic E-state index is 12.3. The van der Waals surface area contributed by atoms with Crippen LogP contribution in [-0.2, 0) is 11.2 Å². The number of rotatable bonds is 7. The van der Waals surface area contributed by atoms with Crippen molar-refractivity contribution in [2.75, 3.05) is 52.5 Å².